The molecule has 1 aliphatic heterocycles. The van der Waals surface area contributed by atoms with E-state index in [-0.39, 0.29) is 35.1 Å². The Kier molecular flexibility index (Phi) is 8.27. The molecule has 6 heteroatoms. The summed E-state index contributed by atoms with van der Waals surface area (Å²) in [6.07, 6.45) is 6.75. The second kappa shape index (κ2) is 10.1. The van der Waals surface area contributed by atoms with Crippen LogP contribution in [0.25, 0.3) is 0 Å². The fourth-order valence-electron chi connectivity index (χ4n) is 3.73. The summed E-state index contributed by atoms with van der Waals surface area (Å²) in [6.45, 7) is 19.5. The summed E-state index contributed by atoms with van der Waals surface area (Å²) in [5.74, 6) is -0.108. The minimum atomic E-state index is -0.569. The lowest BCUT2D eigenvalue weighted by Crippen LogP contribution is -2.54. The Hall–Kier alpha value is -1.43. The molecule has 0 bridgehead atoms. The Morgan fingerprint density at radius 3 is 2.45 bits per heavy atom. The fraction of sp³-hybridized carbons (Fsp3) is 0.739. The van der Waals surface area contributed by atoms with Gasteiger partial charge in [0.2, 0.25) is 5.91 Å². The van der Waals surface area contributed by atoms with Gasteiger partial charge in [-0.1, -0.05) is 47.3 Å². The molecule has 29 heavy (non-hydrogen) atoms. The molecule has 4 atom stereocenters. The molecule has 1 saturated heterocycles. The van der Waals surface area contributed by atoms with Gasteiger partial charge in [0.15, 0.2) is 0 Å². The van der Waals surface area contributed by atoms with Crippen molar-refractivity contribution in [2.45, 2.75) is 84.1 Å². The summed E-state index contributed by atoms with van der Waals surface area (Å²) in [5.41, 5.74) is 1.13. The van der Waals surface area contributed by atoms with Crippen molar-refractivity contribution >= 4 is 23.8 Å². The number of carbonyl (C=O) groups excluding carboxylic acids is 2. The van der Waals surface area contributed by atoms with Gasteiger partial charge in [-0.3, -0.25) is 14.3 Å². The molecule has 2 aliphatic rings. The van der Waals surface area contributed by atoms with Crippen molar-refractivity contribution < 1.29 is 9.59 Å². The smallest absolute Gasteiger partial charge is 0.252 e. The number of nitrogens with one attached hydrogen (secondary N) is 2. The van der Waals surface area contributed by atoms with Crippen LogP contribution < -0.4 is 10.0 Å². The Morgan fingerprint density at radius 1 is 1.24 bits per heavy atom. The molecule has 1 aliphatic carbocycles. The fourth-order valence-corrected chi connectivity index (χ4v) is 4.51. The van der Waals surface area contributed by atoms with Crippen molar-refractivity contribution in [3.63, 3.8) is 0 Å². The molecule has 2 rings (SSSR count). The first-order valence-electron chi connectivity index (χ1n) is 10.9. The summed E-state index contributed by atoms with van der Waals surface area (Å²) in [5, 5.41) is 3.59. The van der Waals surface area contributed by atoms with E-state index in [1.54, 1.807) is 0 Å². The molecule has 2 amide bonds. The third kappa shape index (κ3) is 7.09. The van der Waals surface area contributed by atoms with Crippen LogP contribution in [0.4, 0.5) is 0 Å². The molecule has 0 aromatic heterocycles. The van der Waals surface area contributed by atoms with E-state index in [1.807, 2.05) is 19.9 Å². The average molecular weight is 422 g/mol. The highest BCUT2D eigenvalue weighted by molar-refractivity contribution is 7.98. The first-order chi connectivity index (χ1) is 13.5. The zero-order valence-electron chi connectivity index (χ0n) is 18.8. The number of amides is 2. The van der Waals surface area contributed by atoms with E-state index >= 15 is 0 Å². The van der Waals surface area contributed by atoms with Gasteiger partial charge in [0.1, 0.15) is 12.1 Å². The zero-order valence-corrected chi connectivity index (χ0v) is 19.6. The maximum absolute atomic E-state index is 13.2. The van der Waals surface area contributed by atoms with E-state index in [4.69, 9.17) is 0 Å². The van der Waals surface area contributed by atoms with Crippen LogP contribution in [0.3, 0.4) is 0 Å². The van der Waals surface area contributed by atoms with Crippen molar-refractivity contribution in [3.8, 4) is 0 Å². The molecule has 1 saturated carbocycles. The maximum atomic E-state index is 13.2. The van der Waals surface area contributed by atoms with E-state index < -0.39 is 6.04 Å². The number of carbonyl (C=O) groups is 2. The minimum Gasteiger partial charge on any atom is -0.363 e. The molecule has 2 unspecified atom stereocenters. The van der Waals surface area contributed by atoms with E-state index in [1.165, 1.54) is 11.9 Å². The van der Waals surface area contributed by atoms with Crippen LogP contribution in [0.2, 0.25) is 0 Å². The van der Waals surface area contributed by atoms with Crippen molar-refractivity contribution in [2.75, 3.05) is 6.54 Å². The molecular formula is C23H39N3O2S. The number of rotatable bonds is 10. The second-order valence-corrected chi connectivity index (χ2v) is 11.0. The van der Waals surface area contributed by atoms with Crippen molar-refractivity contribution in [1.82, 2.24) is 14.9 Å². The zero-order chi connectivity index (χ0) is 21.8. The molecular weight excluding hydrogens is 382 g/mol. The van der Waals surface area contributed by atoms with Crippen molar-refractivity contribution in [2.24, 2.45) is 17.3 Å². The van der Waals surface area contributed by atoms with Gasteiger partial charge < -0.3 is 10.2 Å². The van der Waals surface area contributed by atoms with E-state index in [9.17, 15) is 9.59 Å². The van der Waals surface area contributed by atoms with E-state index in [0.717, 1.165) is 44.3 Å². The summed E-state index contributed by atoms with van der Waals surface area (Å²) in [6, 6.07) is -0.817. The number of likely N-dealkylation sites (tertiary alicyclic amines) is 1. The maximum Gasteiger partial charge on any atom is 0.252 e. The number of hydrogen-bond donors (Lipinski definition) is 2. The van der Waals surface area contributed by atoms with E-state index in [0.29, 0.717) is 5.25 Å². The highest BCUT2D eigenvalue weighted by atomic mass is 32.2. The summed E-state index contributed by atoms with van der Waals surface area (Å²) >= 11 is 1.49. The Morgan fingerprint density at radius 2 is 1.90 bits per heavy atom. The van der Waals surface area contributed by atoms with Gasteiger partial charge in [-0.15, -0.1) is 6.58 Å². The monoisotopic (exact) mass is 421 g/mol. The molecule has 164 valence electrons. The number of nitrogens with zero attached hydrogens (tertiary/aromatic N) is 1. The molecule has 2 fully saturated rings. The van der Waals surface area contributed by atoms with Crippen LogP contribution in [-0.4, -0.2) is 40.6 Å². The average Bonchev–Trinajstić information content (AvgIpc) is 3.34. The van der Waals surface area contributed by atoms with Gasteiger partial charge in [0.05, 0.1) is 0 Å². The molecule has 0 aromatic rings. The van der Waals surface area contributed by atoms with Crippen LogP contribution in [0, 0.1) is 17.3 Å². The van der Waals surface area contributed by atoms with Crippen molar-refractivity contribution in [3.05, 3.63) is 24.9 Å². The summed E-state index contributed by atoms with van der Waals surface area (Å²) in [4.78, 5) is 28.2. The minimum absolute atomic E-state index is 0.0381. The van der Waals surface area contributed by atoms with Gasteiger partial charge in [-0.25, -0.2) is 0 Å². The highest BCUT2D eigenvalue weighted by Crippen LogP contribution is 2.32. The van der Waals surface area contributed by atoms with Gasteiger partial charge >= 0.3 is 0 Å². The molecule has 0 radical (unpaired) electrons. The topological polar surface area (TPSA) is 61.4 Å². The first kappa shape index (κ1) is 23.8. The molecule has 2 N–H and O–H groups in total. The second-order valence-electron chi connectivity index (χ2n) is 9.88. The van der Waals surface area contributed by atoms with Gasteiger partial charge in [-0.2, -0.15) is 0 Å². The molecule has 5 nitrogen and oxygen atoms in total. The number of allylic oxidation sites excluding steroid dienone is 2. The lowest BCUT2D eigenvalue weighted by molar-refractivity contribution is -0.131. The normalized spacial score (nSPS) is 22.5. The van der Waals surface area contributed by atoms with Gasteiger partial charge in [0.25, 0.3) is 5.91 Å². The predicted molar refractivity (Wildman–Crippen MR) is 122 cm³/mol. The third-order valence-corrected chi connectivity index (χ3v) is 6.98. The predicted octanol–water partition coefficient (Wildman–Crippen LogP) is 4.27. The summed E-state index contributed by atoms with van der Waals surface area (Å²) in [7, 11) is 0. The van der Waals surface area contributed by atoms with Crippen LogP contribution in [0.5, 0.6) is 0 Å². The van der Waals surface area contributed by atoms with Crippen LogP contribution in [-0.2, 0) is 9.59 Å². The molecule has 1 heterocycles. The molecule has 0 spiro atoms. The Balaban J connectivity index is 2.07. The Labute approximate surface area is 181 Å². The van der Waals surface area contributed by atoms with Gasteiger partial charge in [-0.05, 0) is 61.3 Å². The standard InChI is InChI=1S/C23H39N3O2S/c1-8-15(2)17(4)20(22(28)25-29-18-11-12-18)24-21(27)19-10-9-13-26(19)16(3)14-23(5,6)7/h8,15,17-20H,1,3,9-14H2,2,4-7H3,(H,24,27)(H,25,28)/t15?,17-,19-,20?/m0/s1. The highest BCUT2D eigenvalue weighted by Gasteiger charge is 2.37. The third-order valence-electron chi connectivity index (χ3n) is 5.85. The van der Waals surface area contributed by atoms with Crippen LogP contribution in [0.1, 0.15) is 66.7 Å². The van der Waals surface area contributed by atoms with Crippen LogP contribution in [0.15, 0.2) is 24.9 Å². The van der Waals surface area contributed by atoms with E-state index in [2.05, 4.69) is 48.9 Å². The first-order valence-corrected chi connectivity index (χ1v) is 11.7. The van der Waals surface area contributed by atoms with Gasteiger partial charge in [0, 0.05) is 17.5 Å². The Bertz CT molecular complexity index is 624. The number of hydrogen-bond acceptors (Lipinski definition) is 4. The lowest BCUT2D eigenvalue weighted by atomic mass is 9.88. The largest absolute Gasteiger partial charge is 0.363 e. The summed E-state index contributed by atoms with van der Waals surface area (Å²) < 4.78 is 2.96. The van der Waals surface area contributed by atoms with Crippen molar-refractivity contribution in [1.29, 1.82) is 0 Å². The quantitative estimate of drug-likeness (QED) is 0.408. The molecule has 0 aromatic carbocycles. The lowest BCUT2D eigenvalue weighted by Gasteiger charge is -2.33. The van der Waals surface area contributed by atoms with Crippen LogP contribution >= 0.6 is 11.9 Å². The SMILES string of the molecule is C=CC(C)[C@H](C)C(NC(=O)[C@@H]1CCCN1C(=C)CC(C)(C)C)C(=O)NSC1CC1.